The van der Waals surface area contributed by atoms with Crippen LogP contribution in [0.4, 0.5) is 4.39 Å². The molecule has 5 aromatic rings. The number of aromatic amines is 1. The molecule has 0 spiro atoms. The summed E-state index contributed by atoms with van der Waals surface area (Å²) < 4.78 is 26.5. The zero-order valence-electron chi connectivity index (χ0n) is 20.9. The summed E-state index contributed by atoms with van der Waals surface area (Å²) >= 11 is 6.84. The van der Waals surface area contributed by atoms with Crippen molar-refractivity contribution in [2.45, 2.75) is 0 Å². The van der Waals surface area contributed by atoms with Gasteiger partial charge in [-0.3, -0.25) is 4.79 Å². The maximum Gasteiger partial charge on any atom is 0.343 e. The Kier molecular flexibility index (Phi) is 8.09. The minimum Gasteiger partial charge on any atom is -0.497 e. The number of amides is 1. The van der Waals surface area contributed by atoms with Gasteiger partial charge in [0.15, 0.2) is 5.75 Å². The third kappa shape index (κ3) is 5.68. The smallest absolute Gasteiger partial charge is 0.343 e. The number of hydrogen-bond acceptors (Lipinski definition) is 5. The van der Waals surface area contributed by atoms with Gasteiger partial charge in [-0.15, -0.1) is 0 Å². The van der Waals surface area contributed by atoms with Crippen LogP contribution >= 0.6 is 31.9 Å². The predicted octanol–water partition coefficient (Wildman–Crippen LogP) is 7.49. The van der Waals surface area contributed by atoms with Crippen molar-refractivity contribution in [3.05, 3.63) is 117 Å². The number of carbonyl (C=O) groups is 2. The fourth-order valence-electron chi connectivity index (χ4n) is 4.14. The lowest BCUT2D eigenvalue weighted by Gasteiger charge is -2.11. The third-order valence-electron chi connectivity index (χ3n) is 6.00. The number of para-hydroxylation sites is 1. The molecule has 0 saturated carbocycles. The number of ether oxygens (including phenoxy) is 2. The topological polar surface area (TPSA) is 92.8 Å². The van der Waals surface area contributed by atoms with Gasteiger partial charge in [0, 0.05) is 21.0 Å². The molecule has 0 unspecified atom stereocenters. The van der Waals surface area contributed by atoms with E-state index in [4.69, 9.17) is 9.47 Å². The summed E-state index contributed by atoms with van der Waals surface area (Å²) in [6.45, 7) is 0. The Hall–Kier alpha value is -4.28. The fourth-order valence-corrected chi connectivity index (χ4v) is 5.47. The number of carbonyl (C=O) groups excluding carboxylic acids is 2. The van der Waals surface area contributed by atoms with E-state index in [1.54, 1.807) is 48.5 Å². The van der Waals surface area contributed by atoms with E-state index in [2.05, 4.69) is 47.4 Å². The maximum absolute atomic E-state index is 14.6. The number of rotatable bonds is 7. The minimum atomic E-state index is -0.586. The minimum absolute atomic E-state index is 0.157. The molecule has 0 radical (unpaired) electrons. The number of fused-ring (bicyclic) bond motifs is 1. The van der Waals surface area contributed by atoms with Crippen molar-refractivity contribution in [2.24, 2.45) is 5.10 Å². The molecule has 200 valence electrons. The highest BCUT2D eigenvalue weighted by atomic mass is 79.9. The zero-order chi connectivity index (χ0) is 28.2. The number of halogens is 3. The first-order valence-corrected chi connectivity index (χ1v) is 13.5. The van der Waals surface area contributed by atoms with Crippen LogP contribution in [0.25, 0.3) is 22.0 Å². The first kappa shape index (κ1) is 27.3. The Bertz CT molecular complexity index is 1750. The maximum atomic E-state index is 14.6. The standard InChI is InChI=1S/C30H20Br2FN3O4/c1-39-21-12-10-18(11-13-21)30(38)40-28-19(14-20(31)15-23(28)32)16-34-36-29(37)27-25(17-6-3-2-4-7-17)22-8-5-9-24(33)26(22)35-27/h2-16,35H,1H3,(H,36,37). The van der Waals surface area contributed by atoms with Gasteiger partial charge in [0.1, 0.15) is 17.3 Å². The van der Waals surface area contributed by atoms with Crippen LogP contribution in [0.15, 0.2) is 99.0 Å². The molecule has 5 rings (SSSR count). The summed E-state index contributed by atoms with van der Waals surface area (Å²) in [4.78, 5) is 29.0. The lowest BCUT2D eigenvalue weighted by Crippen LogP contribution is -2.19. The highest BCUT2D eigenvalue weighted by molar-refractivity contribution is 9.11. The van der Waals surface area contributed by atoms with E-state index in [1.165, 1.54) is 19.4 Å². The molecule has 10 heteroatoms. The second kappa shape index (κ2) is 11.8. The van der Waals surface area contributed by atoms with Crippen LogP contribution in [-0.2, 0) is 0 Å². The van der Waals surface area contributed by atoms with Crippen LogP contribution < -0.4 is 14.9 Å². The van der Waals surface area contributed by atoms with E-state index in [9.17, 15) is 14.0 Å². The van der Waals surface area contributed by atoms with Crippen molar-refractivity contribution in [3.63, 3.8) is 0 Å². The van der Waals surface area contributed by atoms with Gasteiger partial charge in [-0.2, -0.15) is 5.10 Å². The van der Waals surface area contributed by atoms with E-state index in [1.807, 2.05) is 30.3 Å². The zero-order valence-corrected chi connectivity index (χ0v) is 24.0. The summed E-state index contributed by atoms with van der Waals surface area (Å²) in [6, 6.07) is 23.8. The Morgan fingerprint density at radius 2 is 1.73 bits per heavy atom. The van der Waals surface area contributed by atoms with Crippen LogP contribution in [-0.4, -0.2) is 30.2 Å². The molecule has 1 aromatic heterocycles. The van der Waals surface area contributed by atoms with Crippen LogP contribution in [0.3, 0.4) is 0 Å². The highest BCUT2D eigenvalue weighted by Gasteiger charge is 2.21. The number of nitrogens with zero attached hydrogens (tertiary/aromatic N) is 1. The van der Waals surface area contributed by atoms with E-state index < -0.39 is 17.7 Å². The quantitative estimate of drug-likeness (QED) is 0.0816. The first-order chi connectivity index (χ1) is 19.4. The van der Waals surface area contributed by atoms with Crippen LogP contribution in [0.1, 0.15) is 26.4 Å². The summed E-state index contributed by atoms with van der Waals surface area (Å²) in [6.07, 6.45) is 1.36. The Labute approximate surface area is 245 Å². The molecule has 0 aliphatic rings. The molecule has 1 amide bonds. The highest BCUT2D eigenvalue weighted by Crippen LogP contribution is 2.34. The molecule has 0 fully saturated rings. The third-order valence-corrected chi connectivity index (χ3v) is 7.05. The van der Waals surface area contributed by atoms with E-state index in [0.29, 0.717) is 36.8 Å². The number of methoxy groups -OCH3 is 1. The molecular formula is C30H20Br2FN3O4. The number of aromatic nitrogens is 1. The first-order valence-electron chi connectivity index (χ1n) is 11.9. The summed E-state index contributed by atoms with van der Waals surface area (Å²) in [7, 11) is 1.54. The normalized spacial score (nSPS) is 11.1. The Morgan fingerprint density at radius 3 is 2.45 bits per heavy atom. The van der Waals surface area contributed by atoms with Crippen molar-refractivity contribution < 1.29 is 23.5 Å². The molecule has 0 saturated heterocycles. The largest absolute Gasteiger partial charge is 0.497 e. The fraction of sp³-hybridized carbons (Fsp3) is 0.0333. The number of H-pyrrole nitrogens is 1. The summed E-state index contributed by atoms with van der Waals surface area (Å²) in [5.74, 6) is -0.814. The monoisotopic (exact) mass is 663 g/mol. The number of hydrogen-bond donors (Lipinski definition) is 2. The van der Waals surface area contributed by atoms with Crippen LogP contribution in [0.2, 0.25) is 0 Å². The van der Waals surface area contributed by atoms with Crippen molar-refractivity contribution in [3.8, 4) is 22.6 Å². The van der Waals surface area contributed by atoms with Gasteiger partial charge in [0.25, 0.3) is 5.91 Å². The average Bonchev–Trinajstić information content (AvgIpc) is 3.36. The second-order valence-electron chi connectivity index (χ2n) is 8.53. The molecule has 4 aromatic carbocycles. The SMILES string of the molecule is COc1ccc(C(=O)Oc2c(Br)cc(Br)cc2C=NNC(=O)c2[nH]c3c(F)cccc3c2-c2ccccc2)cc1. The van der Waals surface area contributed by atoms with Crippen molar-refractivity contribution in [1.29, 1.82) is 0 Å². The molecular weight excluding hydrogens is 645 g/mol. The molecule has 2 N–H and O–H groups in total. The van der Waals surface area contributed by atoms with Gasteiger partial charge < -0.3 is 14.5 Å². The van der Waals surface area contributed by atoms with E-state index >= 15 is 0 Å². The Morgan fingerprint density at radius 1 is 0.975 bits per heavy atom. The average molecular weight is 665 g/mol. The summed E-state index contributed by atoms with van der Waals surface area (Å²) in [5, 5.41) is 4.68. The van der Waals surface area contributed by atoms with Gasteiger partial charge >= 0.3 is 5.97 Å². The summed E-state index contributed by atoms with van der Waals surface area (Å²) in [5.41, 5.74) is 4.91. The molecule has 40 heavy (non-hydrogen) atoms. The van der Waals surface area contributed by atoms with Crippen molar-refractivity contribution >= 4 is 60.9 Å². The van der Waals surface area contributed by atoms with Crippen molar-refractivity contribution in [2.75, 3.05) is 7.11 Å². The lowest BCUT2D eigenvalue weighted by molar-refractivity contribution is 0.0732. The number of benzene rings is 4. The van der Waals surface area contributed by atoms with Gasteiger partial charge in [-0.25, -0.2) is 14.6 Å². The van der Waals surface area contributed by atoms with Crippen LogP contribution in [0, 0.1) is 5.82 Å². The van der Waals surface area contributed by atoms with Crippen molar-refractivity contribution in [1.82, 2.24) is 10.4 Å². The van der Waals surface area contributed by atoms with E-state index in [-0.39, 0.29) is 17.0 Å². The van der Waals surface area contributed by atoms with E-state index in [0.717, 1.165) is 5.56 Å². The van der Waals surface area contributed by atoms with Gasteiger partial charge in [0.05, 0.1) is 28.9 Å². The van der Waals surface area contributed by atoms with Gasteiger partial charge in [0.2, 0.25) is 0 Å². The second-order valence-corrected chi connectivity index (χ2v) is 10.3. The van der Waals surface area contributed by atoms with Gasteiger partial charge in [-0.05, 0) is 64.0 Å². The molecule has 0 bridgehead atoms. The molecule has 0 atom stereocenters. The molecule has 7 nitrogen and oxygen atoms in total. The molecule has 1 heterocycles. The Balaban J connectivity index is 1.43. The molecule has 0 aliphatic carbocycles. The lowest BCUT2D eigenvalue weighted by atomic mass is 10.0. The molecule has 0 aliphatic heterocycles. The predicted molar refractivity (Wildman–Crippen MR) is 159 cm³/mol. The number of esters is 1. The number of nitrogens with one attached hydrogen (secondary N) is 2. The van der Waals surface area contributed by atoms with Gasteiger partial charge in [-0.1, -0.05) is 58.4 Å². The van der Waals surface area contributed by atoms with Crippen LogP contribution in [0.5, 0.6) is 11.5 Å². The number of hydrazone groups is 1.